The summed E-state index contributed by atoms with van der Waals surface area (Å²) in [5.74, 6) is 3.61. The van der Waals surface area contributed by atoms with Crippen LogP contribution in [0.25, 0.3) is 0 Å². The molecule has 0 saturated heterocycles. The van der Waals surface area contributed by atoms with E-state index >= 15 is 0 Å². The number of hydrogen-bond donors (Lipinski definition) is 2. The molecule has 0 aliphatic rings. The molecule has 23 heavy (non-hydrogen) atoms. The second-order valence-electron chi connectivity index (χ2n) is 4.73. The number of halogens is 1. The number of hydrogen-bond acceptors (Lipinski definition) is 4. The van der Waals surface area contributed by atoms with Gasteiger partial charge < -0.3 is 20.1 Å². The van der Waals surface area contributed by atoms with Gasteiger partial charge in [0, 0.05) is 31.8 Å². The highest BCUT2D eigenvalue weighted by Gasteiger charge is 2.06. The van der Waals surface area contributed by atoms with Gasteiger partial charge in [-0.15, -0.1) is 24.0 Å². The van der Waals surface area contributed by atoms with Crippen LogP contribution in [0.4, 0.5) is 0 Å². The lowest BCUT2D eigenvalue weighted by molar-refractivity contribution is 0.390. The second kappa shape index (κ2) is 13.6. The average molecular weight is 453 g/mol. The standard InChI is InChI=1S/C16H27N3O2S.HI/c1-17-16(18-9-5-6-10-22-4)19-12-13-7-8-14(20-2)11-15(13)21-3;/h7-8,11H,5-6,9-10,12H2,1-4H3,(H2,17,18,19);1H. The van der Waals surface area contributed by atoms with Crippen molar-refractivity contribution in [3.63, 3.8) is 0 Å². The molecule has 0 radical (unpaired) electrons. The van der Waals surface area contributed by atoms with E-state index in [4.69, 9.17) is 9.47 Å². The maximum Gasteiger partial charge on any atom is 0.191 e. The van der Waals surface area contributed by atoms with Crippen LogP contribution in [0, 0.1) is 0 Å². The van der Waals surface area contributed by atoms with Gasteiger partial charge in [0.25, 0.3) is 0 Å². The van der Waals surface area contributed by atoms with E-state index in [1.54, 1.807) is 21.3 Å². The van der Waals surface area contributed by atoms with E-state index in [-0.39, 0.29) is 24.0 Å². The lowest BCUT2D eigenvalue weighted by atomic mass is 10.2. The van der Waals surface area contributed by atoms with E-state index in [0.717, 1.165) is 36.0 Å². The Bertz CT molecular complexity index is 473. The van der Waals surface area contributed by atoms with Crippen molar-refractivity contribution in [3.8, 4) is 11.5 Å². The maximum atomic E-state index is 5.40. The highest BCUT2D eigenvalue weighted by Crippen LogP contribution is 2.24. The SMILES string of the molecule is CN=C(NCCCCSC)NCc1ccc(OC)cc1OC.I. The fourth-order valence-corrected chi connectivity index (χ4v) is 2.47. The molecular formula is C16H28IN3O2S. The van der Waals surface area contributed by atoms with Gasteiger partial charge in [0.05, 0.1) is 14.2 Å². The minimum absolute atomic E-state index is 0. The van der Waals surface area contributed by atoms with Crippen LogP contribution in [0.15, 0.2) is 23.2 Å². The minimum atomic E-state index is 0. The highest BCUT2D eigenvalue weighted by atomic mass is 127. The molecule has 0 unspecified atom stereocenters. The molecule has 0 aliphatic carbocycles. The van der Waals surface area contributed by atoms with Gasteiger partial charge in [0.1, 0.15) is 11.5 Å². The Balaban J connectivity index is 0.00000484. The number of rotatable bonds is 9. The molecule has 0 aromatic heterocycles. The number of aliphatic imine (C=N–C) groups is 1. The van der Waals surface area contributed by atoms with Gasteiger partial charge in [-0.1, -0.05) is 0 Å². The van der Waals surface area contributed by atoms with Crippen molar-refractivity contribution in [2.24, 2.45) is 4.99 Å². The van der Waals surface area contributed by atoms with Gasteiger partial charge in [0.15, 0.2) is 5.96 Å². The van der Waals surface area contributed by atoms with Crippen molar-refractivity contribution in [2.45, 2.75) is 19.4 Å². The maximum absolute atomic E-state index is 5.40. The summed E-state index contributed by atoms with van der Waals surface area (Å²) >= 11 is 1.88. The minimum Gasteiger partial charge on any atom is -0.497 e. The number of methoxy groups -OCH3 is 2. The normalized spacial score (nSPS) is 10.7. The molecule has 132 valence electrons. The Labute approximate surface area is 161 Å². The molecule has 2 N–H and O–H groups in total. The first-order chi connectivity index (χ1) is 10.7. The Morgan fingerprint density at radius 3 is 2.57 bits per heavy atom. The molecule has 7 heteroatoms. The third kappa shape index (κ3) is 8.55. The number of thioether (sulfide) groups is 1. The van der Waals surface area contributed by atoms with Crippen LogP contribution >= 0.6 is 35.7 Å². The van der Waals surface area contributed by atoms with Gasteiger partial charge in [-0.3, -0.25) is 4.99 Å². The van der Waals surface area contributed by atoms with Crippen molar-refractivity contribution in [2.75, 3.05) is 39.8 Å². The summed E-state index contributed by atoms with van der Waals surface area (Å²) in [4.78, 5) is 4.23. The summed E-state index contributed by atoms with van der Waals surface area (Å²) in [5, 5.41) is 6.62. The van der Waals surface area contributed by atoms with Gasteiger partial charge in [0.2, 0.25) is 0 Å². The molecular weight excluding hydrogens is 425 g/mol. The fraction of sp³-hybridized carbons (Fsp3) is 0.562. The Kier molecular flexibility index (Phi) is 13.1. The van der Waals surface area contributed by atoms with Crippen LogP contribution in [0.2, 0.25) is 0 Å². The Hall–Kier alpha value is -0.830. The first-order valence-corrected chi connectivity index (χ1v) is 8.79. The van der Waals surface area contributed by atoms with Gasteiger partial charge in [-0.05, 0) is 37.0 Å². The molecule has 1 aromatic rings. The monoisotopic (exact) mass is 453 g/mol. The van der Waals surface area contributed by atoms with Crippen LogP contribution in [0.1, 0.15) is 18.4 Å². The van der Waals surface area contributed by atoms with E-state index < -0.39 is 0 Å². The van der Waals surface area contributed by atoms with Crippen molar-refractivity contribution in [1.29, 1.82) is 0 Å². The van der Waals surface area contributed by atoms with Crippen LogP contribution in [-0.4, -0.2) is 45.8 Å². The number of nitrogens with zero attached hydrogens (tertiary/aromatic N) is 1. The van der Waals surface area contributed by atoms with E-state index in [9.17, 15) is 0 Å². The zero-order valence-corrected chi connectivity index (χ0v) is 17.5. The van der Waals surface area contributed by atoms with Gasteiger partial charge >= 0.3 is 0 Å². The summed E-state index contributed by atoms with van der Waals surface area (Å²) in [6, 6.07) is 5.81. The zero-order chi connectivity index (χ0) is 16.2. The molecule has 0 fully saturated rings. The third-order valence-corrected chi connectivity index (χ3v) is 3.93. The summed E-state index contributed by atoms with van der Waals surface area (Å²) in [5.41, 5.74) is 1.06. The molecule has 0 heterocycles. The largest absolute Gasteiger partial charge is 0.497 e. The van der Waals surface area contributed by atoms with Crippen LogP contribution in [0.3, 0.4) is 0 Å². The number of benzene rings is 1. The topological polar surface area (TPSA) is 54.9 Å². The Morgan fingerprint density at radius 2 is 1.96 bits per heavy atom. The summed E-state index contributed by atoms with van der Waals surface area (Å²) < 4.78 is 10.6. The van der Waals surface area contributed by atoms with Crippen LogP contribution in [0.5, 0.6) is 11.5 Å². The first-order valence-electron chi connectivity index (χ1n) is 7.39. The lowest BCUT2D eigenvalue weighted by Gasteiger charge is -2.14. The molecule has 5 nitrogen and oxygen atoms in total. The van der Waals surface area contributed by atoms with E-state index in [0.29, 0.717) is 6.54 Å². The van der Waals surface area contributed by atoms with E-state index in [2.05, 4.69) is 21.9 Å². The predicted molar refractivity (Wildman–Crippen MR) is 111 cm³/mol. The first kappa shape index (κ1) is 22.2. The van der Waals surface area contributed by atoms with Crippen LogP contribution in [-0.2, 0) is 6.54 Å². The summed E-state index contributed by atoms with van der Waals surface area (Å²) in [6.45, 7) is 1.58. The molecule has 0 atom stereocenters. The number of ether oxygens (including phenoxy) is 2. The van der Waals surface area contributed by atoms with Gasteiger partial charge in [-0.25, -0.2) is 0 Å². The van der Waals surface area contributed by atoms with Crippen molar-refractivity contribution in [1.82, 2.24) is 10.6 Å². The molecule has 0 spiro atoms. The Morgan fingerprint density at radius 1 is 1.17 bits per heavy atom. The van der Waals surface area contributed by atoms with Gasteiger partial charge in [-0.2, -0.15) is 11.8 Å². The molecule has 1 rings (SSSR count). The zero-order valence-electron chi connectivity index (χ0n) is 14.3. The molecule has 0 amide bonds. The quantitative estimate of drug-likeness (QED) is 0.261. The summed E-state index contributed by atoms with van der Waals surface area (Å²) in [6.07, 6.45) is 4.50. The highest BCUT2D eigenvalue weighted by molar-refractivity contribution is 14.0. The molecule has 0 saturated carbocycles. The van der Waals surface area contributed by atoms with Crippen molar-refractivity contribution >= 4 is 41.7 Å². The molecule has 0 aliphatic heterocycles. The average Bonchev–Trinajstić information content (AvgIpc) is 2.57. The third-order valence-electron chi connectivity index (χ3n) is 3.23. The van der Waals surface area contributed by atoms with Crippen LogP contribution < -0.4 is 20.1 Å². The van der Waals surface area contributed by atoms with Crippen molar-refractivity contribution in [3.05, 3.63) is 23.8 Å². The number of nitrogens with one attached hydrogen (secondary N) is 2. The second-order valence-corrected chi connectivity index (χ2v) is 5.72. The molecule has 0 bridgehead atoms. The number of guanidine groups is 1. The van der Waals surface area contributed by atoms with E-state index in [1.807, 2.05) is 30.0 Å². The van der Waals surface area contributed by atoms with Crippen molar-refractivity contribution < 1.29 is 9.47 Å². The van der Waals surface area contributed by atoms with E-state index in [1.165, 1.54) is 12.2 Å². The number of unbranched alkanes of at least 4 members (excludes halogenated alkanes) is 1. The summed E-state index contributed by atoms with van der Waals surface area (Å²) in [7, 11) is 5.09. The fourth-order valence-electron chi connectivity index (χ4n) is 1.98. The predicted octanol–water partition coefficient (Wildman–Crippen LogP) is 3.13. The lowest BCUT2D eigenvalue weighted by Crippen LogP contribution is -2.37. The molecule has 1 aromatic carbocycles. The smallest absolute Gasteiger partial charge is 0.191 e.